The molecule has 1 aliphatic rings. The summed E-state index contributed by atoms with van der Waals surface area (Å²) in [5.41, 5.74) is 3.99. The summed E-state index contributed by atoms with van der Waals surface area (Å²) in [4.78, 5) is 0. The Morgan fingerprint density at radius 1 is 1.24 bits per heavy atom. The first-order chi connectivity index (χ1) is 10.3. The number of anilines is 1. The van der Waals surface area contributed by atoms with E-state index in [1.165, 1.54) is 35.5 Å². The number of aromatic nitrogens is 2. The number of aryl methyl sites for hydroxylation is 2. The van der Waals surface area contributed by atoms with E-state index in [0.29, 0.717) is 6.04 Å². The van der Waals surface area contributed by atoms with E-state index >= 15 is 0 Å². The molecular formula is C18H25N3. The van der Waals surface area contributed by atoms with Crippen LogP contribution in [-0.4, -0.2) is 16.3 Å². The monoisotopic (exact) mass is 283 g/mol. The zero-order valence-corrected chi connectivity index (χ0v) is 13.1. The largest absolute Gasteiger partial charge is 0.370 e. The second kappa shape index (κ2) is 6.33. The van der Waals surface area contributed by atoms with Crippen LogP contribution in [0.3, 0.4) is 0 Å². The average molecular weight is 283 g/mol. The predicted octanol–water partition coefficient (Wildman–Crippen LogP) is 4.19. The molecule has 0 saturated heterocycles. The summed E-state index contributed by atoms with van der Waals surface area (Å²) >= 11 is 0. The number of benzene rings is 1. The van der Waals surface area contributed by atoms with Crippen LogP contribution in [0.2, 0.25) is 0 Å². The number of nitrogens with one attached hydrogen (secondary N) is 1. The van der Waals surface area contributed by atoms with E-state index in [0.717, 1.165) is 25.8 Å². The van der Waals surface area contributed by atoms with Crippen molar-refractivity contribution in [1.82, 2.24) is 9.78 Å². The van der Waals surface area contributed by atoms with Gasteiger partial charge in [-0.25, -0.2) is 4.68 Å². The first-order valence-corrected chi connectivity index (χ1v) is 8.23. The van der Waals surface area contributed by atoms with Gasteiger partial charge in [0.25, 0.3) is 0 Å². The Bertz CT molecular complexity index is 583. The van der Waals surface area contributed by atoms with Gasteiger partial charge < -0.3 is 5.32 Å². The molecule has 3 heteroatoms. The Morgan fingerprint density at radius 3 is 2.76 bits per heavy atom. The maximum Gasteiger partial charge on any atom is 0.125 e. The summed E-state index contributed by atoms with van der Waals surface area (Å²) in [6.07, 6.45) is 5.72. The molecular weight excluding hydrogens is 258 g/mol. The van der Waals surface area contributed by atoms with Crippen LogP contribution in [0, 0.1) is 0 Å². The Hall–Kier alpha value is -1.77. The Morgan fingerprint density at radius 2 is 2.05 bits per heavy atom. The van der Waals surface area contributed by atoms with Gasteiger partial charge in [0.15, 0.2) is 0 Å². The van der Waals surface area contributed by atoms with Crippen molar-refractivity contribution >= 4 is 5.82 Å². The summed E-state index contributed by atoms with van der Waals surface area (Å²) in [6.45, 7) is 5.45. The van der Waals surface area contributed by atoms with Gasteiger partial charge in [-0.3, -0.25) is 0 Å². The van der Waals surface area contributed by atoms with Crippen LogP contribution in [0.1, 0.15) is 56.0 Å². The van der Waals surface area contributed by atoms with Crippen molar-refractivity contribution in [2.75, 3.05) is 11.9 Å². The topological polar surface area (TPSA) is 29.9 Å². The Kier molecular flexibility index (Phi) is 4.28. The summed E-state index contributed by atoms with van der Waals surface area (Å²) in [5, 5.41) is 8.33. The second-order valence-corrected chi connectivity index (χ2v) is 5.90. The van der Waals surface area contributed by atoms with Gasteiger partial charge in [0.05, 0.1) is 11.7 Å². The summed E-state index contributed by atoms with van der Waals surface area (Å²) in [5.74, 6) is 1.18. The molecule has 112 valence electrons. The van der Waals surface area contributed by atoms with Gasteiger partial charge in [-0.2, -0.15) is 5.10 Å². The summed E-state index contributed by atoms with van der Waals surface area (Å²) in [6, 6.07) is 11.6. The summed E-state index contributed by atoms with van der Waals surface area (Å²) in [7, 11) is 0. The van der Waals surface area contributed by atoms with Crippen LogP contribution < -0.4 is 5.32 Å². The number of nitrogens with zero attached hydrogens (tertiary/aromatic N) is 2. The fourth-order valence-corrected chi connectivity index (χ4v) is 3.04. The highest BCUT2D eigenvalue weighted by molar-refractivity contribution is 5.41. The highest BCUT2D eigenvalue weighted by atomic mass is 15.4. The van der Waals surface area contributed by atoms with E-state index in [9.17, 15) is 0 Å². The molecule has 0 fully saturated rings. The summed E-state index contributed by atoms with van der Waals surface area (Å²) < 4.78 is 2.19. The zero-order valence-electron chi connectivity index (χ0n) is 13.1. The van der Waals surface area contributed by atoms with E-state index in [1.807, 2.05) is 0 Å². The smallest absolute Gasteiger partial charge is 0.125 e. The molecule has 1 aromatic heterocycles. The Balaban J connectivity index is 1.86. The highest BCUT2D eigenvalue weighted by Gasteiger charge is 2.22. The standard InChI is InChI=1S/C18H25N3/c1-3-5-6-16-13-18-19-12-11-17(21(18)20-16)15-9-7-14(4-2)8-10-15/h7-10,13,17,19H,3-6,11-12H2,1-2H3. The van der Waals surface area contributed by atoms with Crippen molar-refractivity contribution in [3.63, 3.8) is 0 Å². The Labute approximate surface area is 127 Å². The molecule has 2 aromatic rings. The zero-order chi connectivity index (χ0) is 14.7. The number of hydrogen-bond donors (Lipinski definition) is 1. The molecule has 21 heavy (non-hydrogen) atoms. The fraction of sp³-hybridized carbons (Fsp3) is 0.500. The van der Waals surface area contributed by atoms with Crippen molar-refractivity contribution < 1.29 is 0 Å². The van der Waals surface area contributed by atoms with Crippen LogP contribution in [0.5, 0.6) is 0 Å². The lowest BCUT2D eigenvalue weighted by molar-refractivity contribution is 0.477. The number of rotatable bonds is 5. The second-order valence-electron chi connectivity index (χ2n) is 5.90. The molecule has 1 aromatic carbocycles. The molecule has 0 radical (unpaired) electrons. The van der Waals surface area contributed by atoms with E-state index in [4.69, 9.17) is 5.10 Å². The van der Waals surface area contributed by atoms with Crippen molar-refractivity contribution in [2.24, 2.45) is 0 Å². The minimum Gasteiger partial charge on any atom is -0.370 e. The van der Waals surface area contributed by atoms with Crippen LogP contribution in [0.4, 0.5) is 5.82 Å². The third kappa shape index (κ3) is 2.97. The quantitative estimate of drug-likeness (QED) is 0.891. The van der Waals surface area contributed by atoms with Gasteiger partial charge in [0.2, 0.25) is 0 Å². The fourth-order valence-electron chi connectivity index (χ4n) is 3.04. The van der Waals surface area contributed by atoms with Crippen molar-refractivity contribution in [3.05, 3.63) is 47.2 Å². The maximum atomic E-state index is 4.84. The van der Waals surface area contributed by atoms with Gasteiger partial charge in [-0.05, 0) is 36.8 Å². The van der Waals surface area contributed by atoms with E-state index < -0.39 is 0 Å². The minimum atomic E-state index is 0.377. The first-order valence-electron chi connectivity index (χ1n) is 8.23. The molecule has 3 rings (SSSR count). The van der Waals surface area contributed by atoms with E-state index in [1.54, 1.807) is 0 Å². The van der Waals surface area contributed by atoms with Crippen LogP contribution in [0.25, 0.3) is 0 Å². The molecule has 1 aliphatic heterocycles. The molecule has 0 saturated carbocycles. The molecule has 1 unspecified atom stereocenters. The van der Waals surface area contributed by atoms with Gasteiger partial charge in [0.1, 0.15) is 5.82 Å². The number of hydrogen-bond acceptors (Lipinski definition) is 2. The molecule has 1 N–H and O–H groups in total. The van der Waals surface area contributed by atoms with Crippen molar-refractivity contribution in [2.45, 2.75) is 52.0 Å². The van der Waals surface area contributed by atoms with Crippen LogP contribution in [0.15, 0.2) is 30.3 Å². The van der Waals surface area contributed by atoms with E-state index in [-0.39, 0.29) is 0 Å². The average Bonchev–Trinajstić information content (AvgIpc) is 2.96. The number of unbranched alkanes of at least 4 members (excludes halogenated alkanes) is 1. The lowest BCUT2D eigenvalue weighted by atomic mass is 10.0. The lowest BCUT2D eigenvalue weighted by Gasteiger charge is -2.26. The highest BCUT2D eigenvalue weighted by Crippen LogP contribution is 2.30. The van der Waals surface area contributed by atoms with Gasteiger partial charge in [-0.1, -0.05) is 44.5 Å². The molecule has 0 bridgehead atoms. The molecule has 1 atom stereocenters. The van der Waals surface area contributed by atoms with Crippen molar-refractivity contribution in [3.8, 4) is 0 Å². The first kappa shape index (κ1) is 14.2. The third-order valence-electron chi connectivity index (χ3n) is 4.36. The lowest BCUT2D eigenvalue weighted by Crippen LogP contribution is -2.24. The molecule has 0 spiro atoms. The molecule has 2 heterocycles. The van der Waals surface area contributed by atoms with E-state index in [2.05, 4.69) is 54.2 Å². The van der Waals surface area contributed by atoms with Crippen LogP contribution in [-0.2, 0) is 12.8 Å². The van der Waals surface area contributed by atoms with Gasteiger partial charge in [-0.15, -0.1) is 0 Å². The predicted molar refractivity (Wildman–Crippen MR) is 87.9 cm³/mol. The van der Waals surface area contributed by atoms with Gasteiger partial charge in [0, 0.05) is 12.6 Å². The van der Waals surface area contributed by atoms with Crippen LogP contribution >= 0.6 is 0 Å². The minimum absolute atomic E-state index is 0.377. The molecule has 0 aliphatic carbocycles. The maximum absolute atomic E-state index is 4.84. The number of fused-ring (bicyclic) bond motifs is 1. The normalized spacial score (nSPS) is 17.3. The van der Waals surface area contributed by atoms with Crippen molar-refractivity contribution in [1.29, 1.82) is 0 Å². The molecule has 3 nitrogen and oxygen atoms in total. The van der Waals surface area contributed by atoms with Gasteiger partial charge >= 0.3 is 0 Å². The third-order valence-corrected chi connectivity index (χ3v) is 4.36. The SMILES string of the molecule is CCCCc1cc2n(n1)C(c1ccc(CC)cc1)CCN2. The molecule has 0 amide bonds.